The quantitative estimate of drug-likeness (QED) is 0.700. The Morgan fingerprint density at radius 2 is 1.75 bits per heavy atom. The maximum atomic E-state index is 5.47. The van der Waals surface area contributed by atoms with Crippen molar-refractivity contribution in [3.8, 4) is 11.3 Å². The molecule has 1 saturated heterocycles. The Morgan fingerprint density at radius 3 is 2.39 bits per heavy atom. The van der Waals surface area contributed by atoms with Crippen molar-refractivity contribution in [1.29, 1.82) is 0 Å². The second kappa shape index (κ2) is 8.57. The average molecular weight is 377 g/mol. The van der Waals surface area contributed by atoms with Crippen LogP contribution in [-0.4, -0.2) is 35.6 Å². The van der Waals surface area contributed by atoms with E-state index in [0.717, 1.165) is 67.4 Å². The lowest BCUT2D eigenvalue weighted by Gasteiger charge is -2.34. The molecular formula is C23H28N4O. The number of rotatable bonds is 6. The number of hydrogen-bond acceptors (Lipinski definition) is 5. The van der Waals surface area contributed by atoms with Crippen molar-refractivity contribution in [2.24, 2.45) is 0 Å². The first-order valence-electron chi connectivity index (χ1n) is 10.1. The molecule has 4 rings (SSSR count). The fraction of sp³-hybridized carbons (Fsp3) is 0.391. The molecule has 146 valence electrons. The molecule has 2 aromatic heterocycles. The summed E-state index contributed by atoms with van der Waals surface area (Å²) in [6, 6.07) is 15.2. The Morgan fingerprint density at radius 1 is 1.04 bits per heavy atom. The Labute approximate surface area is 166 Å². The summed E-state index contributed by atoms with van der Waals surface area (Å²) >= 11 is 0. The number of nitrogens with zero attached hydrogens (tertiary/aromatic N) is 3. The van der Waals surface area contributed by atoms with Gasteiger partial charge in [0, 0.05) is 54.7 Å². The molecule has 0 unspecified atom stereocenters. The van der Waals surface area contributed by atoms with E-state index in [1.54, 1.807) is 6.26 Å². The first kappa shape index (κ1) is 18.7. The molecule has 1 fully saturated rings. The van der Waals surface area contributed by atoms with E-state index in [4.69, 9.17) is 4.42 Å². The van der Waals surface area contributed by atoms with Gasteiger partial charge in [-0.3, -0.25) is 0 Å². The second-order valence-corrected chi connectivity index (χ2v) is 7.56. The average Bonchev–Trinajstić information content (AvgIpc) is 3.23. The maximum Gasteiger partial charge on any atom is 0.133 e. The molecule has 0 spiro atoms. The van der Waals surface area contributed by atoms with Crippen LogP contribution < -0.4 is 10.2 Å². The van der Waals surface area contributed by atoms with Gasteiger partial charge in [0.2, 0.25) is 0 Å². The zero-order chi connectivity index (χ0) is 19.3. The van der Waals surface area contributed by atoms with Crippen LogP contribution >= 0.6 is 0 Å². The summed E-state index contributed by atoms with van der Waals surface area (Å²) in [7, 11) is 0. The number of piperidine rings is 1. The maximum absolute atomic E-state index is 5.47. The molecule has 3 heterocycles. The largest absolute Gasteiger partial charge is 0.464 e. The predicted molar refractivity (Wildman–Crippen MR) is 113 cm³/mol. The van der Waals surface area contributed by atoms with Crippen LogP contribution in [0.2, 0.25) is 0 Å². The van der Waals surface area contributed by atoms with Crippen LogP contribution in [0.25, 0.3) is 11.3 Å². The first-order chi connectivity index (χ1) is 13.7. The number of furan rings is 1. The van der Waals surface area contributed by atoms with Gasteiger partial charge in [-0.15, -0.1) is 0 Å². The van der Waals surface area contributed by atoms with Crippen LogP contribution in [0.15, 0.2) is 53.1 Å². The van der Waals surface area contributed by atoms with Crippen LogP contribution in [0.4, 0.5) is 5.69 Å². The lowest BCUT2D eigenvalue weighted by Crippen LogP contribution is -2.43. The van der Waals surface area contributed by atoms with Crippen LogP contribution in [-0.2, 0) is 6.42 Å². The molecular weight excluding hydrogens is 348 g/mol. The third kappa shape index (κ3) is 4.60. The van der Waals surface area contributed by atoms with E-state index < -0.39 is 0 Å². The van der Waals surface area contributed by atoms with E-state index in [1.165, 1.54) is 5.69 Å². The van der Waals surface area contributed by atoms with Gasteiger partial charge in [-0.25, -0.2) is 9.97 Å². The van der Waals surface area contributed by atoms with E-state index in [0.29, 0.717) is 6.04 Å². The van der Waals surface area contributed by atoms with Crippen molar-refractivity contribution in [2.45, 2.75) is 39.2 Å². The highest BCUT2D eigenvalue weighted by molar-refractivity contribution is 5.61. The summed E-state index contributed by atoms with van der Waals surface area (Å²) in [4.78, 5) is 11.5. The number of anilines is 1. The summed E-state index contributed by atoms with van der Waals surface area (Å²) in [5, 5.41) is 3.69. The minimum Gasteiger partial charge on any atom is -0.464 e. The molecule has 5 nitrogen and oxygen atoms in total. The van der Waals surface area contributed by atoms with Crippen LogP contribution in [0.1, 0.15) is 30.1 Å². The SMILES string of the molecule is Cc1cc(C)nc(CCNC2CCN(c3ccc(-c4ccco4)cc3)CC2)n1. The minimum absolute atomic E-state index is 0.574. The first-order valence-corrected chi connectivity index (χ1v) is 10.1. The van der Waals surface area contributed by atoms with Crippen LogP contribution in [0.5, 0.6) is 0 Å². The van der Waals surface area contributed by atoms with Crippen molar-refractivity contribution in [2.75, 3.05) is 24.5 Å². The Kier molecular flexibility index (Phi) is 5.72. The van der Waals surface area contributed by atoms with Gasteiger partial charge in [0.15, 0.2) is 0 Å². The van der Waals surface area contributed by atoms with Crippen LogP contribution in [0, 0.1) is 13.8 Å². The zero-order valence-corrected chi connectivity index (χ0v) is 16.7. The molecule has 5 heteroatoms. The van der Waals surface area contributed by atoms with Gasteiger partial charge in [0.25, 0.3) is 0 Å². The van der Waals surface area contributed by atoms with Crippen molar-refractivity contribution < 1.29 is 4.42 Å². The summed E-state index contributed by atoms with van der Waals surface area (Å²) in [5.74, 6) is 1.86. The van der Waals surface area contributed by atoms with Gasteiger partial charge in [-0.05, 0) is 69.2 Å². The lowest BCUT2D eigenvalue weighted by atomic mass is 10.0. The highest BCUT2D eigenvalue weighted by Crippen LogP contribution is 2.25. The van der Waals surface area contributed by atoms with E-state index in [9.17, 15) is 0 Å². The predicted octanol–water partition coefficient (Wildman–Crippen LogP) is 4.15. The standard InChI is InChI=1S/C23H28N4O/c1-17-16-18(2)26-23(25-17)9-12-24-20-10-13-27(14-11-20)21-7-5-19(6-8-21)22-4-3-15-28-22/h3-8,15-16,20,24H,9-14H2,1-2H3. The van der Waals surface area contributed by atoms with Gasteiger partial charge in [-0.1, -0.05) is 0 Å². The molecule has 0 bridgehead atoms. The molecule has 0 atom stereocenters. The van der Waals surface area contributed by atoms with E-state index in [2.05, 4.69) is 44.5 Å². The monoisotopic (exact) mass is 376 g/mol. The van der Waals surface area contributed by atoms with Crippen molar-refractivity contribution in [1.82, 2.24) is 15.3 Å². The number of aromatic nitrogens is 2. The van der Waals surface area contributed by atoms with Crippen LogP contribution in [0.3, 0.4) is 0 Å². The van der Waals surface area contributed by atoms with Crippen molar-refractivity contribution in [3.05, 3.63) is 65.9 Å². The highest BCUT2D eigenvalue weighted by Gasteiger charge is 2.19. The molecule has 1 aromatic carbocycles. The minimum atomic E-state index is 0.574. The van der Waals surface area contributed by atoms with Gasteiger partial charge in [-0.2, -0.15) is 0 Å². The second-order valence-electron chi connectivity index (χ2n) is 7.56. The van der Waals surface area contributed by atoms with Crippen molar-refractivity contribution >= 4 is 5.69 Å². The van der Waals surface area contributed by atoms with E-state index in [-0.39, 0.29) is 0 Å². The molecule has 28 heavy (non-hydrogen) atoms. The molecule has 1 N–H and O–H groups in total. The van der Waals surface area contributed by atoms with Crippen molar-refractivity contribution in [3.63, 3.8) is 0 Å². The topological polar surface area (TPSA) is 54.2 Å². The Bertz CT molecular complexity index is 861. The molecule has 1 aliphatic rings. The number of benzene rings is 1. The summed E-state index contributed by atoms with van der Waals surface area (Å²) in [5.41, 5.74) is 4.51. The summed E-state index contributed by atoms with van der Waals surface area (Å²) in [6.07, 6.45) is 4.92. The lowest BCUT2D eigenvalue weighted by molar-refractivity contribution is 0.416. The molecule has 0 saturated carbocycles. The molecule has 1 aliphatic heterocycles. The molecule has 0 aliphatic carbocycles. The number of hydrogen-bond donors (Lipinski definition) is 1. The van der Waals surface area contributed by atoms with Gasteiger partial charge < -0.3 is 14.6 Å². The Hall–Kier alpha value is -2.66. The zero-order valence-electron chi connectivity index (χ0n) is 16.7. The van der Waals surface area contributed by atoms with Gasteiger partial charge in [0.1, 0.15) is 11.6 Å². The number of aryl methyl sites for hydroxylation is 2. The van der Waals surface area contributed by atoms with Gasteiger partial charge in [0.05, 0.1) is 6.26 Å². The molecule has 0 radical (unpaired) electrons. The fourth-order valence-corrected chi connectivity index (χ4v) is 3.92. The smallest absolute Gasteiger partial charge is 0.133 e. The number of nitrogens with one attached hydrogen (secondary N) is 1. The summed E-state index contributed by atoms with van der Waals surface area (Å²) in [6.45, 7) is 7.16. The normalized spacial score (nSPS) is 15.1. The third-order valence-corrected chi connectivity index (χ3v) is 5.34. The van der Waals surface area contributed by atoms with E-state index in [1.807, 2.05) is 32.0 Å². The van der Waals surface area contributed by atoms with E-state index >= 15 is 0 Å². The third-order valence-electron chi connectivity index (χ3n) is 5.34. The Balaban J connectivity index is 1.24. The fourth-order valence-electron chi connectivity index (χ4n) is 3.92. The highest BCUT2D eigenvalue weighted by atomic mass is 16.3. The summed E-state index contributed by atoms with van der Waals surface area (Å²) < 4.78 is 5.47. The molecule has 3 aromatic rings. The van der Waals surface area contributed by atoms with Gasteiger partial charge >= 0.3 is 0 Å². The molecule has 0 amide bonds.